The van der Waals surface area contributed by atoms with Crippen LogP contribution >= 0.6 is 0 Å². The van der Waals surface area contributed by atoms with Crippen molar-refractivity contribution in [3.63, 3.8) is 0 Å². The number of fused-ring (bicyclic) bond motifs is 1. The fraction of sp³-hybridized carbons (Fsp3) is 0.0909. The highest BCUT2D eigenvalue weighted by Crippen LogP contribution is 2.42. The minimum Gasteiger partial charge on any atom is -0.281 e. The van der Waals surface area contributed by atoms with Gasteiger partial charge in [0, 0.05) is 65.8 Å². The molecule has 5 nitrogen and oxygen atoms in total. The van der Waals surface area contributed by atoms with Gasteiger partial charge in [-0.25, -0.2) is 0 Å². The maximum atomic E-state index is 4.59. The largest absolute Gasteiger partial charge is 0.281 e. The minimum absolute atomic E-state index is 0.322. The molecule has 0 saturated heterocycles. The zero-order chi connectivity index (χ0) is 18.1. The number of nitrogens with zero attached hydrogens (tertiary/aromatic N) is 4. The third-order valence-corrected chi connectivity index (χ3v) is 5.18. The van der Waals surface area contributed by atoms with Crippen molar-refractivity contribution in [3.8, 4) is 11.3 Å². The molecule has 1 N–H and O–H groups in total. The van der Waals surface area contributed by atoms with Crippen molar-refractivity contribution < 1.29 is 0 Å². The van der Waals surface area contributed by atoms with Crippen LogP contribution in [0.15, 0.2) is 79.7 Å². The Labute approximate surface area is 156 Å². The lowest BCUT2D eigenvalue weighted by atomic mass is 9.69. The van der Waals surface area contributed by atoms with E-state index in [9.17, 15) is 0 Å². The first kappa shape index (κ1) is 15.6. The Kier molecular flexibility index (Phi) is 3.64. The molecule has 5 heteroatoms. The van der Waals surface area contributed by atoms with Gasteiger partial charge in [-0.2, -0.15) is 5.10 Å². The molecule has 130 valence electrons. The summed E-state index contributed by atoms with van der Waals surface area (Å²) in [6, 6.07) is 12.2. The summed E-state index contributed by atoms with van der Waals surface area (Å²) in [7, 11) is 0. The van der Waals surface area contributed by atoms with Crippen molar-refractivity contribution in [2.24, 2.45) is 0 Å². The second kappa shape index (κ2) is 6.29. The molecule has 1 aliphatic carbocycles. The highest BCUT2D eigenvalue weighted by atomic mass is 15.1. The number of aromatic amines is 1. The number of aromatic nitrogens is 5. The van der Waals surface area contributed by atoms with Crippen LogP contribution in [0.25, 0.3) is 17.3 Å². The van der Waals surface area contributed by atoms with Crippen LogP contribution in [-0.4, -0.2) is 25.1 Å². The van der Waals surface area contributed by atoms with E-state index in [2.05, 4.69) is 49.4 Å². The van der Waals surface area contributed by atoms with E-state index < -0.39 is 0 Å². The maximum Gasteiger partial charge on any atom is 0.0996 e. The molecular weight excluding hydrogens is 334 g/mol. The summed E-state index contributed by atoms with van der Waals surface area (Å²) in [6.07, 6.45) is 16.2. The number of pyridine rings is 3. The summed E-state index contributed by atoms with van der Waals surface area (Å²) in [5.41, 5.74) is 6.20. The Hall–Kier alpha value is -3.60. The van der Waals surface area contributed by atoms with E-state index >= 15 is 0 Å². The molecule has 5 rings (SSSR count). The number of nitrogens with one attached hydrogen (secondary N) is 1. The molecule has 0 saturated carbocycles. The quantitative estimate of drug-likeness (QED) is 0.609. The molecule has 4 aromatic rings. The standard InChI is InChI=1S/C22H17N5/c1-3-17(14-24-9-1)22(18-4-2-10-25-15-18)8-5-19-20(13-22)26-27-21(19)16-6-11-23-12-7-16/h1-12,14-15H,13H2,(H,26,27). The van der Waals surface area contributed by atoms with Gasteiger partial charge in [0.2, 0.25) is 0 Å². The van der Waals surface area contributed by atoms with Gasteiger partial charge in [-0.05, 0) is 35.4 Å². The Morgan fingerprint density at radius 2 is 1.52 bits per heavy atom. The second-order valence-electron chi connectivity index (χ2n) is 6.67. The van der Waals surface area contributed by atoms with Gasteiger partial charge in [-0.1, -0.05) is 24.3 Å². The first-order valence-corrected chi connectivity index (χ1v) is 8.85. The van der Waals surface area contributed by atoms with Gasteiger partial charge in [-0.15, -0.1) is 0 Å². The maximum absolute atomic E-state index is 4.59. The van der Waals surface area contributed by atoms with Crippen LogP contribution < -0.4 is 0 Å². The van der Waals surface area contributed by atoms with E-state index in [1.54, 1.807) is 24.8 Å². The molecule has 0 atom stereocenters. The lowest BCUT2D eigenvalue weighted by Gasteiger charge is -2.33. The summed E-state index contributed by atoms with van der Waals surface area (Å²) in [5, 5.41) is 7.84. The van der Waals surface area contributed by atoms with E-state index in [0.29, 0.717) is 0 Å². The van der Waals surface area contributed by atoms with Gasteiger partial charge >= 0.3 is 0 Å². The molecule has 0 aliphatic heterocycles. The van der Waals surface area contributed by atoms with Crippen molar-refractivity contribution >= 4 is 6.08 Å². The zero-order valence-electron chi connectivity index (χ0n) is 14.6. The van der Waals surface area contributed by atoms with Crippen LogP contribution in [0, 0.1) is 0 Å². The number of hydrogen-bond donors (Lipinski definition) is 1. The first-order chi connectivity index (χ1) is 13.4. The van der Waals surface area contributed by atoms with Gasteiger partial charge in [0.1, 0.15) is 0 Å². The zero-order valence-corrected chi connectivity index (χ0v) is 14.6. The van der Waals surface area contributed by atoms with Gasteiger partial charge in [0.15, 0.2) is 0 Å². The van der Waals surface area contributed by atoms with E-state index in [0.717, 1.165) is 40.1 Å². The molecule has 0 unspecified atom stereocenters. The third-order valence-electron chi connectivity index (χ3n) is 5.18. The third kappa shape index (κ3) is 2.56. The lowest BCUT2D eigenvalue weighted by Crippen LogP contribution is -2.30. The van der Waals surface area contributed by atoms with E-state index in [-0.39, 0.29) is 5.41 Å². The Balaban J connectivity index is 1.66. The second-order valence-corrected chi connectivity index (χ2v) is 6.67. The van der Waals surface area contributed by atoms with Crippen LogP contribution in [0.5, 0.6) is 0 Å². The predicted molar refractivity (Wildman–Crippen MR) is 104 cm³/mol. The minimum atomic E-state index is -0.322. The summed E-state index contributed by atoms with van der Waals surface area (Å²) in [4.78, 5) is 12.8. The average Bonchev–Trinajstić information content (AvgIpc) is 3.18. The highest BCUT2D eigenvalue weighted by Gasteiger charge is 2.37. The van der Waals surface area contributed by atoms with E-state index in [1.807, 2.05) is 36.7 Å². The van der Waals surface area contributed by atoms with E-state index in [4.69, 9.17) is 0 Å². The smallest absolute Gasteiger partial charge is 0.0996 e. The molecule has 4 aromatic heterocycles. The van der Waals surface area contributed by atoms with E-state index in [1.165, 1.54) is 0 Å². The first-order valence-electron chi connectivity index (χ1n) is 8.85. The molecule has 0 spiro atoms. The van der Waals surface area contributed by atoms with Crippen LogP contribution in [0.1, 0.15) is 22.4 Å². The van der Waals surface area contributed by atoms with Crippen LogP contribution in [0.3, 0.4) is 0 Å². The fourth-order valence-corrected chi connectivity index (χ4v) is 3.81. The molecular formula is C22H17N5. The van der Waals surface area contributed by atoms with Gasteiger partial charge in [0.25, 0.3) is 0 Å². The monoisotopic (exact) mass is 351 g/mol. The SMILES string of the molecule is C1=CC(c2cccnc2)(c2cccnc2)Cc2[nH]nc(-c3ccncc3)c21. The van der Waals surface area contributed by atoms with Gasteiger partial charge < -0.3 is 0 Å². The summed E-state index contributed by atoms with van der Waals surface area (Å²) >= 11 is 0. The molecule has 0 radical (unpaired) electrons. The van der Waals surface area contributed by atoms with Crippen molar-refractivity contribution in [3.05, 3.63) is 102 Å². The molecule has 4 heterocycles. The van der Waals surface area contributed by atoms with Crippen LogP contribution in [0.4, 0.5) is 0 Å². The Morgan fingerprint density at radius 1 is 0.815 bits per heavy atom. The normalized spacial score (nSPS) is 14.7. The van der Waals surface area contributed by atoms with Crippen molar-refractivity contribution in [1.82, 2.24) is 25.1 Å². The lowest BCUT2D eigenvalue weighted by molar-refractivity contribution is 0.615. The van der Waals surface area contributed by atoms with Gasteiger partial charge in [0.05, 0.1) is 5.69 Å². The predicted octanol–water partition coefficient (Wildman–Crippen LogP) is 3.82. The molecule has 1 aliphatic rings. The summed E-state index contributed by atoms with van der Waals surface area (Å²) in [5.74, 6) is 0. The molecule has 27 heavy (non-hydrogen) atoms. The van der Waals surface area contributed by atoms with Crippen molar-refractivity contribution in [2.45, 2.75) is 11.8 Å². The summed E-state index contributed by atoms with van der Waals surface area (Å²) in [6.45, 7) is 0. The average molecular weight is 351 g/mol. The number of H-pyrrole nitrogens is 1. The Morgan fingerprint density at radius 3 is 2.15 bits per heavy atom. The van der Waals surface area contributed by atoms with Gasteiger partial charge in [-0.3, -0.25) is 20.1 Å². The van der Waals surface area contributed by atoms with Crippen molar-refractivity contribution in [2.75, 3.05) is 0 Å². The van der Waals surface area contributed by atoms with Crippen molar-refractivity contribution in [1.29, 1.82) is 0 Å². The highest BCUT2D eigenvalue weighted by molar-refractivity contribution is 5.76. The van der Waals surface area contributed by atoms with Crippen LogP contribution in [-0.2, 0) is 11.8 Å². The molecule has 0 bridgehead atoms. The number of hydrogen-bond acceptors (Lipinski definition) is 4. The molecule has 0 aromatic carbocycles. The topological polar surface area (TPSA) is 67.3 Å². The fourth-order valence-electron chi connectivity index (χ4n) is 3.81. The number of rotatable bonds is 3. The molecule has 0 fully saturated rings. The molecule has 0 amide bonds. The number of allylic oxidation sites excluding steroid dienone is 1. The van der Waals surface area contributed by atoms with Crippen LogP contribution in [0.2, 0.25) is 0 Å². The Bertz CT molecular complexity index is 1050. The summed E-state index contributed by atoms with van der Waals surface area (Å²) < 4.78 is 0.